The molecule has 0 aliphatic rings. The van der Waals surface area contributed by atoms with E-state index in [0.29, 0.717) is 13.0 Å². The second-order valence-corrected chi connectivity index (χ2v) is 4.40. The van der Waals surface area contributed by atoms with Crippen molar-refractivity contribution in [2.24, 2.45) is 0 Å². The predicted octanol–water partition coefficient (Wildman–Crippen LogP) is 2.80. The molecular formula is C14H22F2N2O2. The maximum absolute atomic E-state index is 12.0. The molecule has 0 aliphatic heterocycles. The van der Waals surface area contributed by atoms with Crippen LogP contribution in [0.15, 0.2) is 18.5 Å². The molecule has 0 radical (unpaired) electrons. The van der Waals surface area contributed by atoms with E-state index in [9.17, 15) is 8.78 Å². The first kappa shape index (κ1) is 16.8. The van der Waals surface area contributed by atoms with Gasteiger partial charge in [0.2, 0.25) is 0 Å². The molecule has 4 nitrogen and oxygen atoms in total. The van der Waals surface area contributed by atoms with Crippen molar-refractivity contribution in [3.63, 3.8) is 0 Å². The van der Waals surface area contributed by atoms with Gasteiger partial charge in [-0.05, 0) is 31.5 Å². The number of halogens is 2. The fourth-order valence-electron chi connectivity index (χ4n) is 1.78. The van der Waals surface area contributed by atoms with E-state index in [2.05, 4.69) is 10.3 Å². The normalized spacial score (nSPS) is 12.7. The molecule has 114 valence electrons. The molecule has 6 heteroatoms. The average molecular weight is 288 g/mol. The van der Waals surface area contributed by atoms with Gasteiger partial charge in [-0.3, -0.25) is 4.98 Å². The van der Waals surface area contributed by atoms with E-state index in [1.54, 1.807) is 12.4 Å². The van der Waals surface area contributed by atoms with Crippen LogP contribution in [0.1, 0.15) is 31.4 Å². The van der Waals surface area contributed by atoms with Crippen molar-refractivity contribution in [3.05, 3.63) is 24.0 Å². The number of alkyl halides is 2. The van der Waals surface area contributed by atoms with Gasteiger partial charge < -0.3 is 14.8 Å². The van der Waals surface area contributed by atoms with Crippen LogP contribution in [0.4, 0.5) is 8.78 Å². The van der Waals surface area contributed by atoms with Crippen LogP contribution in [0, 0.1) is 0 Å². The zero-order valence-corrected chi connectivity index (χ0v) is 11.9. The molecule has 1 atom stereocenters. The van der Waals surface area contributed by atoms with E-state index in [1.807, 2.05) is 20.0 Å². The highest BCUT2D eigenvalue weighted by Gasteiger charge is 2.11. The first-order chi connectivity index (χ1) is 9.67. The van der Waals surface area contributed by atoms with Crippen molar-refractivity contribution in [1.82, 2.24) is 10.3 Å². The maximum Gasteiger partial charge on any atom is 0.261 e. The molecule has 0 saturated heterocycles. The number of rotatable bonds is 10. The van der Waals surface area contributed by atoms with Gasteiger partial charge in [0.1, 0.15) is 12.4 Å². The standard InChI is InChI=1S/C14H22F2N2O2/c1-3-5-20-12-7-11(8-18-9-12)13(17-2)4-6-19-10-14(15)16/h7-9,13-14,17H,3-6,10H2,1-2H3. The summed E-state index contributed by atoms with van der Waals surface area (Å²) in [4.78, 5) is 4.14. The van der Waals surface area contributed by atoms with Gasteiger partial charge in [-0.2, -0.15) is 0 Å². The summed E-state index contributed by atoms with van der Waals surface area (Å²) in [5, 5.41) is 3.13. The van der Waals surface area contributed by atoms with E-state index < -0.39 is 13.0 Å². The van der Waals surface area contributed by atoms with Crippen LogP contribution in [0.2, 0.25) is 0 Å². The molecule has 1 aromatic heterocycles. The van der Waals surface area contributed by atoms with Gasteiger partial charge in [-0.15, -0.1) is 0 Å². The summed E-state index contributed by atoms with van der Waals surface area (Å²) in [7, 11) is 1.82. The summed E-state index contributed by atoms with van der Waals surface area (Å²) in [5.41, 5.74) is 0.960. The van der Waals surface area contributed by atoms with E-state index in [0.717, 1.165) is 17.7 Å². The van der Waals surface area contributed by atoms with Gasteiger partial charge in [0.25, 0.3) is 6.43 Å². The Balaban J connectivity index is 2.51. The quantitative estimate of drug-likeness (QED) is 0.672. The third-order valence-electron chi connectivity index (χ3n) is 2.75. The molecule has 20 heavy (non-hydrogen) atoms. The van der Waals surface area contributed by atoms with Crippen LogP contribution in [-0.2, 0) is 4.74 Å². The number of aromatic nitrogens is 1. The molecule has 1 N–H and O–H groups in total. The van der Waals surface area contributed by atoms with Crippen molar-refractivity contribution in [1.29, 1.82) is 0 Å². The van der Waals surface area contributed by atoms with Gasteiger partial charge in [0.05, 0.1) is 12.8 Å². The minimum absolute atomic E-state index is 0.00495. The molecule has 0 aliphatic carbocycles. The van der Waals surface area contributed by atoms with Gasteiger partial charge in [0.15, 0.2) is 0 Å². The van der Waals surface area contributed by atoms with Crippen LogP contribution >= 0.6 is 0 Å². The Morgan fingerprint density at radius 3 is 2.75 bits per heavy atom. The Labute approximate surface area is 118 Å². The summed E-state index contributed by atoms with van der Waals surface area (Å²) in [5.74, 6) is 0.720. The number of pyridine rings is 1. The van der Waals surface area contributed by atoms with Crippen LogP contribution in [0.5, 0.6) is 5.75 Å². The molecule has 0 bridgehead atoms. The summed E-state index contributed by atoms with van der Waals surface area (Å²) in [6.07, 6.45) is 2.52. The Bertz CT molecular complexity index is 378. The molecule has 1 unspecified atom stereocenters. The van der Waals surface area contributed by atoms with Crippen molar-refractivity contribution >= 4 is 0 Å². The van der Waals surface area contributed by atoms with E-state index in [-0.39, 0.29) is 12.6 Å². The number of nitrogens with one attached hydrogen (secondary N) is 1. The molecular weight excluding hydrogens is 266 g/mol. The minimum atomic E-state index is -2.42. The third kappa shape index (κ3) is 6.25. The van der Waals surface area contributed by atoms with Gasteiger partial charge in [-0.25, -0.2) is 8.78 Å². The van der Waals surface area contributed by atoms with Gasteiger partial charge in [0, 0.05) is 18.8 Å². The molecule has 1 rings (SSSR count). The molecule has 0 saturated carbocycles. The van der Waals surface area contributed by atoms with Crippen molar-refractivity contribution in [2.75, 3.05) is 26.9 Å². The topological polar surface area (TPSA) is 43.4 Å². The Morgan fingerprint density at radius 2 is 2.10 bits per heavy atom. The lowest BCUT2D eigenvalue weighted by molar-refractivity contribution is 0.0145. The van der Waals surface area contributed by atoms with Crippen LogP contribution in [0.25, 0.3) is 0 Å². The summed E-state index contributed by atoms with van der Waals surface area (Å²) < 4.78 is 34.4. The van der Waals surface area contributed by atoms with Crippen LogP contribution in [-0.4, -0.2) is 38.3 Å². The summed E-state index contributed by atoms with van der Waals surface area (Å²) in [6.45, 7) is 2.44. The highest BCUT2D eigenvalue weighted by molar-refractivity contribution is 5.26. The Kier molecular flexibility index (Phi) is 8.06. The van der Waals surface area contributed by atoms with E-state index in [4.69, 9.17) is 9.47 Å². The minimum Gasteiger partial charge on any atom is -0.492 e. The maximum atomic E-state index is 12.0. The van der Waals surface area contributed by atoms with Crippen molar-refractivity contribution in [3.8, 4) is 5.75 Å². The zero-order valence-electron chi connectivity index (χ0n) is 11.9. The Hall–Kier alpha value is -1.27. The lowest BCUT2D eigenvalue weighted by Gasteiger charge is -2.17. The fraction of sp³-hybridized carbons (Fsp3) is 0.643. The number of hydrogen-bond donors (Lipinski definition) is 1. The number of ether oxygens (including phenoxy) is 2. The van der Waals surface area contributed by atoms with Crippen molar-refractivity contribution < 1.29 is 18.3 Å². The Morgan fingerprint density at radius 1 is 1.30 bits per heavy atom. The largest absolute Gasteiger partial charge is 0.492 e. The molecule has 0 spiro atoms. The highest BCUT2D eigenvalue weighted by atomic mass is 19.3. The van der Waals surface area contributed by atoms with Gasteiger partial charge in [-0.1, -0.05) is 6.92 Å². The summed E-state index contributed by atoms with van der Waals surface area (Å²) in [6, 6.07) is 1.92. The van der Waals surface area contributed by atoms with Crippen LogP contribution in [0.3, 0.4) is 0 Å². The van der Waals surface area contributed by atoms with E-state index in [1.165, 1.54) is 0 Å². The monoisotopic (exact) mass is 288 g/mol. The zero-order chi connectivity index (χ0) is 14.8. The molecule has 0 aromatic carbocycles. The lowest BCUT2D eigenvalue weighted by atomic mass is 10.1. The second-order valence-electron chi connectivity index (χ2n) is 4.40. The lowest BCUT2D eigenvalue weighted by Crippen LogP contribution is -2.19. The molecule has 0 fully saturated rings. The molecule has 1 heterocycles. The van der Waals surface area contributed by atoms with Crippen molar-refractivity contribution in [2.45, 2.75) is 32.2 Å². The average Bonchev–Trinajstić information content (AvgIpc) is 2.45. The third-order valence-corrected chi connectivity index (χ3v) is 2.75. The predicted molar refractivity (Wildman–Crippen MR) is 73.3 cm³/mol. The number of hydrogen-bond acceptors (Lipinski definition) is 4. The smallest absolute Gasteiger partial charge is 0.261 e. The number of nitrogens with zero attached hydrogens (tertiary/aromatic N) is 1. The fourth-order valence-corrected chi connectivity index (χ4v) is 1.78. The molecule has 1 aromatic rings. The first-order valence-electron chi connectivity index (χ1n) is 6.78. The first-order valence-corrected chi connectivity index (χ1v) is 6.78. The second kappa shape index (κ2) is 9.61. The molecule has 0 amide bonds. The SMILES string of the molecule is CCCOc1cncc(C(CCOCC(F)F)NC)c1. The highest BCUT2D eigenvalue weighted by Crippen LogP contribution is 2.20. The van der Waals surface area contributed by atoms with E-state index >= 15 is 0 Å². The van der Waals surface area contributed by atoms with Gasteiger partial charge >= 0.3 is 0 Å². The van der Waals surface area contributed by atoms with Crippen LogP contribution < -0.4 is 10.1 Å². The summed E-state index contributed by atoms with van der Waals surface area (Å²) >= 11 is 0.